The first-order valence-corrected chi connectivity index (χ1v) is 8.78. The Labute approximate surface area is 137 Å². The number of aryl methyl sites for hydroxylation is 1. The summed E-state index contributed by atoms with van der Waals surface area (Å²) in [5.41, 5.74) is 0.347. The van der Waals surface area contributed by atoms with Crippen LogP contribution >= 0.6 is 23.1 Å². The van der Waals surface area contributed by atoms with Crippen LogP contribution in [0.1, 0.15) is 21.0 Å². The van der Waals surface area contributed by atoms with Gasteiger partial charge in [-0.1, -0.05) is 6.07 Å². The van der Waals surface area contributed by atoms with Crippen LogP contribution in [0.4, 0.5) is 0 Å². The van der Waals surface area contributed by atoms with E-state index in [1.165, 1.54) is 17.2 Å². The quantitative estimate of drug-likeness (QED) is 0.592. The molecule has 7 heteroatoms. The van der Waals surface area contributed by atoms with Gasteiger partial charge in [-0.3, -0.25) is 4.79 Å². The number of hydrogen-bond donors (Lipinski definition) is 1. The van der Waals surface area contributed by atoms with Crippen molar-refractivity contribution in [3.8, 4) is 0 Å². The van der Waals surface area contributed by atoms with Gasteiger partial charge in [-0.25, -0.2) is 4.79 Å². The third-order valence-electron chi connectivity index (χ3n) is 2.81. The fourth-order valence-electron chi connectivity index (χ4n) is 1.69. The predicted octanol–water partition coefficient (Wildman–Crippen LogP) is 2.86. The van der Waals surface area contributed by atoms with E-state index < -0.39 is 5.97 Å². The van der Waals surface area contributed by atoms with Gasteiger partial charge in [0, 0.05) is 22.9 Å². The fourth-order valence-corrected chi connectivity index (χ4v) is 3.39. The second-order valence-electron chi connectivity index (χ2n) is 4.45. The third-order valence-corrected chi connectivity index (χ3v) is 4.87. The van der Waals surface area contributed by atoms with Crippen LogP contribution in [-0.4, -0.2) is 30.8 Å². The van der Waals surface area contributed by atoms with E-state index in [-0.39, 0.29) is 12.5 Å². The topological polar surface area (TPSA) is 68.5 Å². The summed E-state index contributed by atoms with van der Waals surface area (Å²) in [5, 5.41) is 4.77. The molecule has 2 aromatic rings. The number of carbonyl (C=O) groups is 2. The maximum absolute atomic E-state index is 11.7. The fraction of sp³-hybridized carbons (Fsp3) is 0.333. The normalized spacial score (nSPS) is 10.4. The summed E-state index contributed by atoms with van der Waals surface area (Å²) in [6.45, 7) is 1.94. The number of amides is 1. The van der Waals surface area contributed by atoms with Gasteiger partial charge in [0.2, 0.25) is 0 Å². The lowest BCUT2D eigenvalue weighted by molar-refractivity contribution is -0.124. The summed E-state index contributed by atoms with van der Waals surface area (Å²) in [6.07, 6.45) is 1.41. The largest absolute Gasteiger partial charge is 0.469 e. The summed E-state index contributed by atoms with van der Waals surface area (Å²) in [6, 6.07) is 5.64. The Morgan fingerprint density at radius 3 is 2.95 bits per heavy atom. The number of carbonyl (C=O) groups excluding carboxylic acids is 2. The second kappa shape index (κ2) is 8.65. The molecule has 0 atom stereocenters. The number of nitrogens with one attached hydrogen (secondary N) is 1. The SMILES string of the molecule is Cc1occc1C(=O)OCC(=O)NCCSCc1cccs1. The van der Waals surface area contributed by atoms with Gasteiger partial charge in [-0.2, -0.15) is 11.8 Å². The van der Waals surface area contributed by atoms with Crippen molar-refractivity contribution in [1.29, 1.82) is 0 Å². The Morgan fingerprint density at radius 2 is 2.27 bits per heavy atom. The maximum atomic E-state index is 11.7. The Kier molecular flexibility index (Phi) is 6.54. The molecule has 5 nitrogen and oxygen atoms in total. The highest BCUT2D eigenvalue weighted by atomic mass is 32.2. The Hall–Kier alpha value is -1.73. The number of rotatable bonds is 8. The van der Waals surface area contributed by atoms with Crippen LogP contribution in [0.5, 0.6) is 0 Å². The standard InChI is InChI=1S/C15H17NO4S2/c1-11-13(4-6-19-11)15(18)20-9-14(17)16-5-8-21-10-12-3-2-7-22-12/h2-4,6-7H,5,8-10H2,1H3,(H,16,17). The maximum Gasteiger partial charge on any atom is 0.342 e. The summed E-state index contributed by atoms with van der Waals surface area (Å²) in [5.74, 6) is 1.40. The van der Waals surface area contributed by atoms with Crippen molar-refractivity contribution in [2.75, 3.05) is 18.9 Å². The minimum absolute atomic E-state index is 0.279. The molecule has 0 radical (unpaired) electrons. The van der Waals surface area contributed by atoms with E-state index >= 15 is 0 Å². The summed E-state index contributed by atoms with van der Waals surface area (Å²) in [7, 11) is 0. The first kappa shape index (κ1) is 16.6. The van der Waals surface area contributed by atoms with Gasteiger partial charge < -0.3 is 14.5 Å². The van der Waals surface area contributed by atoms with Crippen LogP contribution in [0.3, 0.4) is 0 Å². The molecule has 118 valence electrons. The molecule has 0 fully saturated rings. The van der Waals surface area contributed by atoms with E-state index in [0.29, 0.717) is 17.9 Å². The van der Waals surface area contributed by atoms with Crippen molar-refractivity contribution in [3.05, 3.63) is 46.0 Å². The summed E-state index contributed by atoms with van der Waals surface area (Å²) in [4.78, 5) is 24.6. The number of ether oxygens (including phenoxy) is 1. The first-order chi connectivity index (χ1) is 10.7. The number of thiophene rings is 1. The molecule has 0 saturated carbocycles. The van der Waals surface area contributed by atoms with Crippen LogP contribution in [0, 0.1) is 6.92 Å². The highest BCUT2D eigenvalue weighted by Crippen LogP contribution is 2.16. The second-order valence-corrected chi connectivity index (χ2v) is 6.59. The van der Waals surface area contributed by atoms with Crippen molar-refractivity contribution in [3.63, 3.8) is 0 Å². The van der Waals surface area contributed by atoms with E-state index in [4.69, 9.17) is 9.15 Å². The van der Waals surface area contributed by atoms with Crippen LogP contribution in [0.2, 0.25) is 0 Å². The molecule has 2 heterocycles. The van der Waals surface area contributed by atoms with E-state index in [1.54, 1.807) is 30.0 Å². The van der Waals surface area contributed by atoms with E-state index in [1.807, 2.05) is 11.4 Å². The van der Waals surface area contributed by atoms with Crippen LogP contribution in [0.15, 0.2) is 34.3 Å². The average Bonchev–Trinajstić information content (AvgIpc) is 3.16. The Balaban J connectivity index is 1.56. The van der Waals surface area contributed by atoms with Crippen molar-refractivity contribution >= 4 is 35.0 Å². The minimum atomic E-state index is -0.548. The number of hydrogen-bond acceptors (Lipinski definition) is 6. The zero-order valence-corrected chi connectivity index (χ0v) is 13.8. The molecule has 0 saturated heterocycles. The van der Waals surface area contributed by atoms with Gasteiger partial charge in [0.15, 0.2) is 6.61 Å². The highest BCUT2D eigenvalue weighted by Gasteiger charge is 2.14. The molecule has 0 unspecified atom stereocenters. The zero-order valence-electron chi connectivity index (χ0n) is 12.2. The number of furan rings is 1. The molecule has 22 heavy (non-hydrogen) atoms. The molecule has 0 spiro atoms. The molecule has 2 rings (SSSR count). The van der Waals surface area contributed by atoms with Gasteiger partial charge >= 0.3 is 5.97 Å². The first-order valence-electron chi connectivity index (χ1n) is 6.75. The van der Waals surface area contributed by atoms with Crippen LogP contribution < -0.4 is 5.32 Å². The van der Waals surface area contributed by atoms with Gasteiger partial charge in [-0.05, 0) is 24.4 Å². The lowest BCUT2D eigenvalue weighted by Crippen LogP contribution is -2.30. The van der Waals surface area contributed by atoms with E-state index in [2.05, 4.69) is 11.4 Å². The molecule has 1 N–H and O–H groups in total. The van der Waals surface area contributed by atoms with Crippen molar-refractivity contribution < 1.29 is 18.7 Å². The highest BCUT2D eigenvalue weighted by molar-refractivity contribution is 7.98. The van der Waals surface area contributed by atoms with Gasteiger partial charge in [0.05, 0.1) is 6.26 Å². The average molecular weight is 339 g/mol. The zero-order chi connectivity index (χ0) is 15.8. The summed E-state index contributed by atoms with van der Waals surface area (Å²) < 4.78 is 9.94. The lowest BCUT2D eigenvalue weighted by Gasteiger charge is -2.06. The van der Waals surface area contributed by atoms with Crippen LogP contribution in [0.25, 0.3) is 0 Å². The number of thioether (sulfide) groups is 1. The Bertz CT molecular complexity index is 607. The van der Waals surface area contributed by atoms with Gasteiger partial charge in [0.25, 0.3) is 5.91 Å². The van der Waals surface area contributed by atoms with E-state index in [0.717, 1.165) is 11.5 Å². The molecule has 0 aromatic carbocycles. The monoisotopic (exact) mass is 339 g/mol. The smallest absolute Gasteiger partial charge is 0.342 e. The minimum Gasteiger partial charge on any atom is -0.469 e. The molecular weight excluding hydrogens is 322 g/mol. The molecule has 2 aromatic heterocycles. The number of esters is 1. The van der Waals surface area contributed by atoms with Gasteiger partial charge in [0.1, 0.15) is 11.3 Å². The van der Waals surface area contributed by atoms with Crippen molar-refractivity contribution in [2.24, 2.45) is 0 Å². The molecular formula is C15H17NO4S2. The molecule has 0 aliphatic rings. The summed E-state index contributed by atoms with van der Waals surface area (Å²) >= 11 is 3.48. The predicted molar refractivity (Wildman–Crippen MR) is 87.2 cm³/mol. The molecule has 0 bridgehead atoms. The molecule has 1 amide bonds. The Morgan fingerprint density at radius 1 is 1.41 bits per heavy atom. The third kappa shape index (κ3) is 5.23. The lowest BCUT2D eigenvalue weighted by atomic mass is 10.3. The molecule has 0 aliphatic carbocycles. The van der Waals surface area contributed by atoms with Gasteiger partial charge in [-0.15, -0.1) is 11.3 Å². The van der Waals surface area contributed by atoms with E-state index in [9.17, 15) is 9.59 Å². The van der Waals surface area contributed by atoms with Crippen LogP contribution in [-0.2, 0) is 15.3 Å². The van der Waals surface area contributed by atoms with Crippen molar-refractivity contribution in [2.45, 2.75) is 12.7 Å². The molecule has 0 aliphatic heterocycles. The van der Waals surface area contributed by atoms with Crippen molar-refractivity contribution in [1.82, 2.24) is 5.32 Å².